The molecule has 32 heavy (non-hydrogen) atoms. The molecule has 6 heteroatoms. The molecule has 1 spiro atoms. The summed E-state index contributed by atoms with van der Waals surface area (Å²) >= 11 is 0. The second-order valence-corrected chi connectivity index (χ2v) is 10.1. The Kier molecular flexibility index (Phi) is 6.66. The molecule has 2 aliphatic heterocycles. The lowest BCUT2D eigenvalue weighted by Crippen LogP contribution is -2.59. The average Bonchev–Trinajstić information content (AvgIpc) is 3.66. The second kappa shape index (κ2) is 9.16. The summed E-state index contributed by atoms with van der Waals surface area (Å²) in [4.78, 5) is 12.8. The topological polar surface area (TPSA) is 89.4 Å². The van der Waals surface area contributed by atoms with Crippen molar-refractivity contribution in [2.45, 2.75) is 88.7 Å². The number of epoxide rings is 2. The maximum atomic E-state index is 12.8. The van der Waals surface area contributed by atoms with Crippen LogP contribution in [0.25, 0.3) is 0 Å². The van der Waals surface area contributed by atoms with Crippen LogP contribution in [0.4, 0.5) is 5.69 Å². The van der Waals surface area contributed by atoms with E-state index in [0.717, 1.165) is 44.4 Å². The Morgan fingerprint density at radius 2 is 2.03 bits per heavy atom. The number of anilines is 1. The minimum atomic E-state index is -0.276. The fourth-order valence-electron chi connectivity index (χ4n) is 5.56. The number of carbonyl (C=O) groups excluding carboxylic acids is 1. The maximum Gasteiger partial charge on any atom is 0.220 e. The zero-order chi connectivity index (χ0) is 22.9. The number of ether oxygens (including phenoxy) is 3. The van der Waals surface area contributed by atoms with Crippen molar-refractivity contribution in [1.82, 2.24) is 5.32 Å². The van der Waals surface area contributed by atoms with Gasteiger partial charge in [0.2, 0.25) is 5.91 Å². The van der Waals surface area contributed by atoms with E-state index in [1.807, 2.05) is 24.3 Å². The highest BCUT2D eigenvalue weighted by atomic mass is 16.6. The number of carbonyl (C=O) groups is 1. The Bertz CT molecular complexity index is 844. The molecule has 6 atom stereocenters. The predicted octanol–water partition coefficient (Wildman–Crippen LogP) is 3.78. The van der Waals surface area contributed by atoms with E-state index in [1.165, 1.54) is 11.1 Å². The number of aryl methyl sites for hydroxylation is 1. The third-order valence-corrected chi connectivity index (χ3v) is 7.49. The van der Waals surface area contributed by atoms with Crippen LogP contribution in [0.1, 0.15) is 58.4 Å². The van der Waals surface area contributed by atoms with Crippen LogP contribution >= 0.6 is 0 Å². The van der Waals surface area contributed by atoms with E-state index in [1.54, 1.807) is 7.11 Å². The van der Waals surface area contributed by atoms with E-state index in [4.69, 9.17) is 19.9 Å². The Morgan fingerprint density at radius 1 is 1.31 bits per heavy atom. The van der Waals surface area contributed by atoms with Crippen LogP contribution in [0.15, 0.2) is 35.9 Å². The Hall–Kier alpha value is -1.89. The molecular formula is C26H38N2O4. The lowest BCUT2D eigenvalue weighted by molar-refractivity contribution is -0.126. The molecule has 6 nitrogen and oxygen atoms in total. The first-order valence-corrected chi connectivity index (χ1v) is 11.9. The van der Waals surface area contributed by atoms with Gasteiger partial charge in [0.1, 0.15) is 5.60 Å². The van der Waals surface area contributed by atoms with E-state index in [2.05, 4.69) is 32.2 Å². The van der Waals surface area contributed by atoms with Crippen LogP contribution in [0.3, 0.4) is 0 Å². The summed E-state index contributed by atoms with van der Waals surface area (Å²) in [6, 6.07) is 7.84. The number of nitrogen functional groups attached to an aromatic ring is 1. The van der Waals surface area contributed by atoms with Crippen LogP contribution in [-0.2, 0) is 25.4 Å². The Morgan fingerprint density at radius 3 is 2.66 bits per heavy atom. The zero-order valence-corrected chi connectivity index (χ0v) is 19.9. The number of hydrogen-bond acceptors (Lipinski definition) is 5. The number of hydrogen-bond donors (Lipinski definition) is 2. The fourth-order valence-corrected chi connectivity index (χ4v) is 5.56. The van der Waals surface area contributed by atoms with Crippen LogP contribution in [0.2, 0.25) is 0 Å². The van der Waals surface area contributed by atoms with E-state index < -0.39 is 0 Å². The van der Waals surface area contributed by atoms with E-state index in [-0.39, 0.29) is 41.3 Å². The molecule has 1 aromatic carbocycles. The highest BCUT2D eigenvalue weighted by Gasteiger charge is 2.71. The zero-order valence-electron chi connectivity index (χ0n) is 19.9. The Labute approximate surface area is 191 Å². The van der Waals surface area contributed by atoms with E-state index >= 15 is 0 Å². The van der Waals surface area contributed by atoms with Crippen molar-refractivity contribution in [3.8, 4) is 0 Å². The third kappa shape index (κ3) is 4.87. The van der Waals surface area contributed by atoms with Crippen molar-refractivity contribution in [2.24, 2.45) is 5.92 Å². The second-order valence-electron chi connectivity index (χ2n) is 10.1. The molecule has 3 aliphatic rings. The predicted molar refractivity (Wildman–Crippen MR) is 125 cm³/mol. The van der Waals surface area contributed by atoms with Crippen LogP contribution in [-0.4, -0.2) is 49.1 Å². The number of methoxy groups -OCH3 is 1. The molecule has 1 saturated carbocycles. The number of nitrogens with one attached hydrogen (secondary N) is 1. The number of rotatable bonds is 9. The van der Waals surface area contributed by atoms with Crippen molar-refractivity contribution >= 4 is 11.6 Å². The number of nitrogens with two attached hydrogens (primary N) is 1. The number of benzene rings is 1. The number of amides is 1. The summed E-state index contributed by atoms with van der Waals surface area (Å²) in [5.41, 5.74) is 8.57. The van der Waals surface area contributed by atoms with Gasteiger partial charge in [0, 0.05) is 25.1 Å². The molecule has 2 saturated heterocycles. The van der Waals surface area contributed by atoms with Gasteiger partial charge in [0.25, 0.3) is 0 Å². The highest BCUT2D eigenvalue weighted by molar-refractivity contribution is 5.76. The average molecular weight is 443 g/mol. The molecule has 176 valence electrons. The summed E-state index contributed by atoms with van der Waals surface area (Å²) in [5.74, 6) is 0.200. The lowest BCUT2D eigenvalue weighted by atomic mass is 9.67. The summed E-state index contributed by atoms with van der Waals surface area (Å²) < 4.78 is 18.3. The minimum Gasteiger partial charge on any atom is -0.399 e. The lowest BCUT2D eigenvalue weighted by Gasteiger charge is -2.43. The van der Waals surface area contributed by atoms with Gasteiger partial charge in [0.15, 0.2) is 0 Å². The summed E-state index contributed by atoms with van der Waals surface area (Å²) in [5, 5.41) is 3.27. The molecule has 1 aromatic rings. The smallest absolute Gasteiger partial charge is 0.220 e. The maximum absolute atomic E-state index is 12.8. The van der Waals surface area contributed by atoms with Gasteiger partial charge in [-0.1, -0.05) is 23.8 Å². The van der Waals surface area contributed by atoms with Crippen LogP contribution in [0.5, 0.6) is 0 Å². The molecule has 4 rings (SSSR count). The van der Waals surface area contributed by atoms with Gasteiger partial charge in [-0.25, -0.2) is 0 Å². The molecule has 0 bridgehead atoms. The number of allylic oxidation sites excluding steroid dienone is 1. The van der Waals surface area contributed by atoms with Crippen molar-refractivity contribution in [3.05, 3.63) is 41.5 Å². The summed E-state index contributed by atoms with van der Waals surface area (Å²) in [6.07, 6.45) is 7.18. The van der Waals surface area contributed by atoms with Crippen molar-refractivity contribution in [1.29, 1.82) is 0 Å². The quantitative estimate of drug-likeness (QED) is 0.345. The highest BCUT2D eigenvalue weighted by Crippen LogP contribution is 2.59. The molecule has 0 radical (unpaired) electrons. The molecular weight excluding hydrogens is 404 g/mol. The molecule has 0 unspecified atom stereocenters. The molecule has 1 aliphatic carbocycles. The van der Waals surface area contributed by atoms with Crippen molar-refractivity contribution in [2.75, 3.05) is 19.5 Å². The summed E-state index contributed by atoms with van der Waals surface area (Å²) in [7, 11) is 1.75. The molecule has 2 heterocycles. The molecule has 3 fully saturated rings. The Balaban J connectivity index is 1.35. The first kappa shape index (κ1) is 23.3. The van der Waals surface area contributed by atoms with Gasteiger partial charge in [-0.2, -0.15) is 0 Å². The van der Waals surface area contributed by atoms with Gasteiger partial charge < -0.3 is 25.3 Å². The first-order valence-electron chi connectivity index (χ1n) is 11.9. The molecule has 1 amide bonds. The van der Waals surface area contributed by atoms with Crippen molar-refractivity contribution < 1.29 is 19.0 Å². The first-order chi connectivity index (χ1) is 15.3. The van der Waals surface area contributed by atoms with Crippen LogP contribution < -0.4 is 11.1 Å². The van der Waals surface area contributed by atoms with E-state index in [0.29, 0.717) is 6.42 Å². The minimum absolute atomic E-state index is 0.0195. The van der Waals surface area contributed by atoms with Crippen molar-refractivity contribution in [3.63, 3.8) is 0 Å². The largest absolute Gasteiger partial charge is 0.399 e. The molecule has 3 N–H and O–H groups in total. The van der Waals surface area contributed by atoms with Crippen LogP contribution in [0, 0.1) is 5.92 Å². The summed E-state index contributed by atoms with van der Waals surface area (Å²) in [6.45, 7) is 7.17. The van der Waals surface area contributed by atoms with Gasteiger partial charge in [-0.3, -0.25) is 4.79 Å². The fraction of sp³-hybridized carbons (Fsp3) is 0.654. The van der Waals surface area contributed by atoms with Gasteiger partial charge >= 0.3 is 0 Å². The van der Waals surface area contributed by atoms with Gasteiger partial charge in [-0.15, -0.1) is 0 Å². The monoisotopic (exact) mass is 442 g/mol. The standard InChI is InChI=1S/C26H38N2O4/c1-17(2)8-13-21-25(3,32-21)24-23(30-4)20(14-15-26(24)16-31-26)28-22(29)7-5-6-18-9-11-19(27)12-10-18/h8-12,20-21,23-24H,5-7,13-16,27H2,1-4H3,(H,28,29)/t20-,21-,23-,24-,25-,26+/m1/s1. The third-order valence-electron chi connectivity index (χ3n) is 7.49. The van der Waals surface area contributed by atoms with Gasteiger partial charge in [-0.05, 0) is 70.6 Å². The molecule has 0 aromatic heterocycles. The van der Waals surface area contributed by atoms with Gasteiger partial charge in [0.05, 0.1) is 30.5 Å². The normalized spacial score (nSPS) is 35.4. The van der Waals surface area contributed by atoms with E-state index in [9.17, 15) is 4.79 Å². The SMILES string of the molecule is CO[C@@H]1[C@H](NC(=O)CCCc2ccc(N)cc2)CC[C@]2(CO2)[C@H]1[C@]1(C)O[C@@H]1CC=C(C)C.